The highest BCUT2D eigenvalue weighted by Crippen LogP contribution is 2.17. The van der Waals surface area contributed by atoms with E-state index in [1.54, 1.807) is 7.11 Å². The predicted octanol–water partition coefficient (Wildman–Crippen LogP) is 2.52. The number of unbranched alkanes of at least 4 members (excludes halogenated alkanes) is 1. The fourth-order valence-corrected chi connectivity index (χ4v) is 2.44. The van der Waals surface area contributed by atoms with E-state index in [9.17, 15) is 0 Å². The van der Waals surface area contributed by atoms with Gasteiger partial charge in [0.05, 0.1) is 13.7 Å². The summed E-state index contributed by atoms with van der Waals surface area (Å²) in [6.45, 7) is 8.95. The van der Waals surface area contributed by atoms with E-state index in [4.69, 9.17) is 4.74 Å². The van der Waals surface area contributed by atoms with Crippen molar-refractivity contribution in [3.05, 3.63) is 29.8 Å². The third-order valence-electron chi connectivity index (χ3n) is 3.87. The van der Waals surface area contributed by atoms with Crippen LogP contribution in [0.15, 0.2) is 29.3 Å². The van der Waals surface area contributed by atoms with E-state index < -0.39 is 0 Å². The molecule has 0 saturated carbocycles. The second kappa shape index (κ2) is 12.6. The Kier molecular flexibility index (Phi) is 10.7. The van der Waals surface area contributed by atoms with Gasteiger partial charge < -0.3 is 20.3 Å². The number of nitrogens with zero attached hydrogens (tertiary/aromatic N) is 2. The molecule has 1 aromatic rings. The van der Waals surface area contributed by atoms with E-state index >= 15 is 0 Å². The molecule has 0 aliphatic heterocycles. The minimum atomic E-state index is 0.810. The number of benzene rings is 1. The van der Waals surface area contributed by atoms with Gasteiger partial charge in [-0.15, -0.1) is 0 Å². The number of rotatable bonds is 11. The maximum Gasteiger partial charge on any atom is 0.191 e. The molecule has 0 aromatic heterocycles. The lowest BCUT2D eigenvalue weighted by atomic mass is 10.1. The van der Waals surface area contributed by atoms with Crippen molar-refractivity contribution in [2.75, 3.05) is 46.9 Å². The average molecular weight is 335 g/mol. The Morgan fingerprint density at radius 3 is 2.67 bits per heavy atom. The Morgan fingerprint density at radius 1 is 1.17 bits per heavy atom. The van der Waals surface area contributed by atoms with Crippen molar-refractivity contribution in [1.82, 2.24) is 15.5 Å². The van der Waals surface area contributed by atoms with Crippen molar-refractivity contribution in [2.24, 2.45) is 4.99 Å². The van der Waals surface area contributed by atoms with Crippen LogP contribution in [0.3, 0.4) is 0 Å². The Balaban J connectivity index is 2.40. The van der Waals surface area contributed by atoms with Crippen LogP contribution in [0.1, 0.15) is 32.3 Å². The molecule has 0 aliphatic rings. The van der Waals surface area contributed by atoms with E-state index in [0.717, 1.165) is 50.9 Å². The summed E-state index contributed by atoms with van der Waals surface area (Å²) in [7, 11) is 3.88. The molecule has 136 valence electrons. The minimum absolute atomic E-state index is 0.810. The van der Waals surface area contributed by atoms with Crippen molar-refractivity contribution in [2.45, 2.75) is 33.1 Å². The van der Waals surface area contributed by atoms with E-state index in [1.165, 1.54) is 18.4 Å². The molecule has 0 bridgehead atoms. The molecule has 0 aliphatic carbocycles. The Bertz CT molecular complexity index is 476. The zero-order valence-electron chi connectivity index (χ0n) is 15.8. The molecule has 5 heteroatoms. The summed E-state index contributed by atoms with van der Waals surface area (Å²) in [5.74, 6) is 1.83. The minimum Gasteiger partial charge on any atom is -0.496 e. The van der Waals surface area contributed by atoms with Crippen LogP contribution in [-0.2, 0) is 6.42 Å². The Labute approximate surface area is 147 Å². The van der Waals surface area contributed by atoms with Gasteiger partial charge in [-0.1, -0.05) is 31.5 Å². The highest BCUT2D eigenvalue weighted by Gasteiger charge is 2.03. The number of likely N-dealkylation sites (N-methyl/N-ethyl adjacent to an activating group) is 1. The number of hydrogen-bond donors (Lipinski definition) is 2. The third kappa shape index (κ3) is 8.20. The first-order chi connectivity index (χ1) is 11.7. The monoisotopic (exact) mass is 334 g/mol. The molecular weight excluding hydrogens is 300 g/mol. The molecule has 0 heterocycles. The van der Waals surface area contributed by atoms with Gasteiger partial charge in [0.25, 0.3) is 0 Å². The first kappa shape index (κ1) is 20.3. The molecule has 5 nitrogen and oxygen atoms in total. The van der Waals surface area contributed by atoms with Crippen LogP contribution in [0.5, 0.6) is 5.75 Å². The normalized spacial score (nSPS) is 11.6. The van der Waals surface area contributed by atoms with Gasteiger partial charge in [0.2, 0.25) is 0 Å². The van der Waals surface area contributed by atoms with Crippen LogP contribution in [-0.4, -0.2) is 57.7 Å². The number of hydrogen-bond acceptors (Lipinski definition) is 3. The lowest BCUT2D eigenvalue weighted by Gasteiger charge is -2.16. The lowest BCUT2D eigenvalue weighted by molar-refractivity contribution is 0.337. The zero-order chi connectivity index (χ0) is 17.6. The van der Waals surface area contributed by atoms with Gasteiger partial charge in [-0.2, -0.15) is 0 Å². The van der Waals surface area contributed by atoms with Gasteiger partial charge in [-0.05, 0) is 45.0 Å². The SMILES string of the molecule is CCCCN(C)CCN=C(NCC)NCCc1ccccc1OC. The third-order valence-corrected chi connectivity index (χ3v) is 3.87. The number of nitrogens with one attached hydrogen (secondary N) is 2. The molecule has 1 rings (SSSR count). The summed E-state index contributed by atoms with van der Waals surface area (Å²) in [4.78, 5) is 7.00. The summed E-state index contributed by atoms with van der Waals surface area (Å²) in [5, 5.41) is 6.71. The average Bonchev–Trinajstić information content (AvgIpc) is 2.60. The van der Waals surface area contributed by atoms with Crippen LogP contribution in [0.4, 0.5) is 0 Å². The summed E-state index contributed by atoms with van der Waals surface area (Å²) >= 11 is 0. The lowest BCUT2D eigenvalue weighted by Crippen LogP contribution is -2.39. The second-order valence-electron chi connectivity index (χ2n) is 5.91. The molecule has 0 fully saturated rings. The smallest absolute Gasteiger partial charge is 0.191 e. The Morgan fingerprint density at radius 2 is 1.96 bits per heavy atom. The maximum absolute atomic E-state index is 5.39. The summed E-state index contributed by atoms with van der Waals surface area (Å²) in [5.41, 5.74) is 1.21. The number of methoxy groups -OCH3 is 1. The largest absolute Gasteiger partial charge is 0.496 e. The molecule has 0 atom stereocenters. The molecule has 0 spiro atoms. The van der Waals surface area contributed by atoms with Gasteiger partial charge in [0.1, 0.15) is 5.75 Å². The Hall–Kier alpha value is -1.75. The van der Waals surface area contributed by atoms with Crippen molar-refractivity contribution >= 4 is 5.96 Å². The van der Waals surface area contributed by atoms with Crippen LogP contribution in [0.2, 0.25) is 0 Å². The summed E-state index contributed by atoms with van der Waals surface area (Å²) < 4.78 is 5.39. The van der Waals surface area contributed by atoms with E-state index in [0.29, 0.717) is 0 Å². The van der Waals surface area contributed by atoms with Gasteiger partial charge in [0, 0.05) is 19.6 Å². The van der Waals surface area contributed by atoms with Crippen molar-refractivity contribution in [3.8, 4) is 5.75 Å². The molecule has 0 amide bonds. The molecular formula is C19H34N4O. The van der Waals surface area contributed by atoms with Gasteiger partial charge >= 0.3 is 0 Å². The van der Waals surface area contributed by atoms with Gasteiger partial charge in [-0.25, -0.2) is 0 Å². The molecule has 0 unspecified atom stereocenters. The van der Waals surface area contributed by atoms with E-state index in [-0.39, 0.29) is 0 Å². The highest BCUT2D eigenvalue weighted by molar-refractivity contribution is 5.79. The molecule has 1 aromatic carbocycles. The number of para-hydroxylation sites is 1. The fraction of sp³-hybridized carbons (Fsp3) is 0.632. The molecule has 2 N–H and O–H groups in total. The first-order valence-corrected chi connectivity index (χ1v) is 9.03. The standard InChI is InChI=1S/C19H34N4O/c1-5-7-15-23(3)16-14-22-19(20-6-2)21-13-12-17-10-8-9-11-18(17)24-4/h8-11H,5-7,12-16H2,1-4H3,(H2,20,21,22). The topological polar surface area (TPSA) is 48.9 Å². The van der Waals surface area contributed by atoms with E-state index in [2.05, 4.69) is 47.5 Å². The fourth-order valence-electron chi connectivity index (χ4n) is 2.44. The van der Waals surface area contributed by atoms with Crippen molar-refractivity contribution < 1.29 is 4.74 Å². The summed E-state index contributed by atoms with van der Waals surface area (Å²) in [6.07, 6.45) is 3.39. The van der Waals surface area contributed by atoms with Crippen LogP contribution in [0.25, 0.3) is 0 Å². The second-order valence-corrected chi connectivity index (χ2v) is 5.91. The molecule has 0 saturated heterocycles. The van der Waals surface area contributed by atoms with Crippen LogP contribution in [0, 0.1) is 0 Å². The highest BCUT2D eigenvalue weighted by atomic mass is 16.5. The van der Waals surface area contributed by atoms with Crippen molar-refractivity contribution in [1.29, 1.82) is 0 Å². The van der Waals surface area contributed by atoms with Gasteiger partial charge in [-0.3, -0.25) is 4.99 Å². The maximum atomic E-state index is 5.39. The quantitative estimate of drug-likeness (QED) is 0.482. The summed E-state index contributed by atoms with van der Waals surface area (Å²) in [6, 6.07) is 8.15. The van der Waals surface area contributed by atoms with Gasteiger partial charge in [0.15, 0.2) is 5.96 Å². The number of aliphatic imine (C=N–C) groups is 1. The number of guanidine groups is 1. The zero-order valence-corrected chi connectivity index (χ0v) is 15.8. The number of ether oxygens (including phenoxy) is 1. The predicted molar refractivity (Wildman–Crippen MR) is 103 cm³/mol. The molecule has 0 radical (unpaired) electrons. The van der Waals surface area contributed by atoms with E-state index in [1.807, 2.05) is 18.2 Å². The van der Waals surface area contributed by atoms with Crippen molar-refractivity contribution in [3.63, 3.8) is 0 Å². The van der Waals surface area contributed by atoms with Crippen LogP contribution < -0.4 is 15.4 Å². The first-order valence-electron chi connectivity index (χ1n) is 9.03. The van der Waals surface area contributed by atoms with Crippen LogP contribution >= 0.6 is 0 Å². The molecule has 24 heavy (non-hydrogen) atoms.